The molecule has 0 radical (unpaired) electrons. The zero-order valence-corrected chi connectivity index (χ0v) is 20.2. The first-order valence-electron chi connectivity index (χ1n) is 11.2. The van der Waals surface area contributed by atoms with Gasteiger partial charge >= 0.3 is 0 Å². The van der Waals surface area contributed by atoms with Gasteiger partial charge in [-0.1, -0.05) is 33.3 Å². The van der Waals surface area contributed by atoms with Crippen molar-refractivity contribution in [1.29, 1.82) is 0 Å². The number of hydrogen-bond acceptors (Lipinski definition) is 9. The molecule has 180 valence electrons. The van der Waals surface area contributed by atoms with Crippen LogP contribution in [0.1, 0.15) is 56.2 Å². The standard InChI is InChI=1S/C24H33N3O5S/c1-4-5-9-31-21-7-6-16(11-22(21)32-10-8-28)14-27-23(25-26-24(27)33)18-12-17(15(2)3)19(29)13-20(18)30/h6-7,11-13,15,24,26,28-30,33H,4-5,8-10,14H2,1-3H3. The van der Waals surface area contributed by atoms with Crippen LogP contribution in [0.25, 0.3) is 0 Å². The quantitative estimate of drug-likeness (QED) is 0.249. The highest BCUT2D eigenvalue weighted by Crippen LogP contribution is 2.35. The Bertz CT molecular complexity index is 983. The minimum absolute atomic E-state index is 0.0520. The molecule has 4 N–H and O–H groups in total. The van der Waals surface area contributed by atoms with E-state index in [1.165, 1.54) is 6.07 Å². The van der Waals surface area contributed by atoms with Crippen molar-refractivity contribution < 1.29 is 24.8 Å². The van der Waals surface area contributed by atoms with Crippen LogP contribution in [-0.4, -0.2) is 51.4 Å². The molecular weight excluding hydrogens is 442 g/mol. The third kappa shape index (κ3) is 5.97. The summed E-state index contributed by atoms with van der Waals surface area (Å²) in [4.78, 5) is 1.90. The Morgan fingerprint density at radius 2 is 1.85 bits per heavy atom. The molecule has 0 saturated carbocycles. The summed E-state index contributed by atoms with van der Waals surface area (Å²) in [5, 5.41) is 34.3. The minimum atomic E-state index is -0.405. The van der Waals surface area contributed by atoms with Crippen LogP contribution in [0, 0.1) is 0 Å². The van der Waals surface area contributed by atoms with Crippen LogP contribution in [0.3, 0.4) is 0 Å². The van der Waals surface area contributed by atoms with Crippen molar-refractivity contribution >= 4 is 18.5 Å². The van der Waals surface area contributed by atoms with E-state index in [1.54, 1.807) is 6.07 Å². The SMILES string of the molecule is CCCCOc1ccc(CN2C(c3cc(C(C)C)c(O)cc3O)=NNC2S)cc1OCCO. The monoisotopic (exact) mass is 475 g/mol. The first-order valence-corrected chi connectivity index (χ1v) is 11.7. The van der Waals surface area contributed by atoms with Crippen molar-refractivity contribution in [2.75, 3.05) is 19.8 Å². The number of hydrazone groups is 1. The smallest absolute Gasteiger partial charge is 0.162 e. The van der Waals surface area contributed by atoms with E-state index in [1.807, 2.05) is 36.9 Å². The lowest BCUT2D eigenvalue weighted by atomic mass is 9.98. The van der Waals surface area contributed by atoms with Gasteiger partial charge in [-0.3, -0.25) is 5.43 Å². The number of benzene rings is 2. The second-order valence-electron chi connectivity index (χ2n) is 8.20. The van der Waals surface area contributed by atoms with Gasteiger partial charge in [-0.15, -0.1) is 12.6 Å². The van der Waals surface area contributed by atoms with Crippen molar-refractivity contribution in [2.45, 2.75) is 51.6 Å². The summed E-state index contributed by atoms with van der Waals surface area (Å²) in [6, 6.07) is 8.79. The summed E-state index contributed by atoms with van der Waals surface area (Å²) in [5.74, 6) is 1.79. The van der Waals surface area contributed by atoms with Gasteiger partial charge in [0.1, 0.15) is 18.1 Å². The number of unbranched alkanes of at least 4 members (excludes halogenated alkanes) is 1. The molecule has 1 atom stereocenters. The molecule has 2 aromatic carbocycles. The fraction of sp³-hybridized carbons (Fsp3) is 0.458. The van der Waals surface area contributed by atoms with Crippen molar-refractivity contribution in [2.24, 2.45) is 5.10 Å². The zero-order chi connectivity index (χ0) is 24.0. The van der Waals surface area contributed by atoms with E-state index in [4.69, 9.17) is 9.47 Å². The fourth-order valence-corrected chi connectivity index (χ4v) is 3.79. The summed E-state index contributed by atoms with van der Waals surface area (Å²) in [6.07, 6.45) is 1.97. The predicted molar refractivity (Wildman–Crippen MR) is 131 cm³/mol. The Morgan fingerprint density at radius 3 is 2.55 bits per heavy atom. The number of amidine groups is 1. The molecule has 0 bridgehead atoms. The Balaban J connectivity index is 1.87. The van der Waals surface area contributed by atoms with Gasteiger partial charge in [-0.25, -0.2) is 0 Å². The van der Waals surface area contributed by atoms with Crippen LogP contribution in [-0.2, 0) is 6.54 Å². The van der Waals surface area contributed by atoms with E-state index in [-0.39, 0.29) is 30.6 Å². The van der Waals surface area contributed by atoms with Gasteiger partial charge in [0.25, 0.3) is 0 Å². The lowest BCUT2D eigenvalue weighted by molar-refractivity contribution is 0.193. The summed E-state index contributed by atoms with van der Waals surface area (Å²) in [6.45, 7) is 7.15. The molecule has 0 aromatic heterocycles. The number of aliphatic hydroxyl groups is 1. The minimum Gasteiger partial charge on any atom is -0.508 e. The predicted octanol–water partition coefficient (Wildman–Crippen LogP) is 3.75. The molecule has 2 aromatic rings. The number of hydrogen-bond donors (Lipinski definition) is 5. The number of ether oxygens (including phenoxy) is 2. The first-order chi connectivity index (χ1) is 15.8. The molecule has 1 heterocycles. The van der Waals surface area contributed by atoms with Gasteiger partial charge in [0.15, 0.2) is 22.8 Å². The van der Waals surface area contributed by atoms with Crippen LogP contribution in [0.15, 0.2) is 35.4 Å². The zero-order valence-electron chi connectivity index (χ0n) is 19.3. The highest BCUT2D eigenvalue weighted by atomic mass is 32.1. The van der Waals surface area contributed by atoms with Crippen molar-refractivity contribution in [3.63, 3.8) is 0 Å². The Kier molecular flexibility index (Phi) is 8.57. The first kappa shape index (κ1) is 24.9. The Hall–Kier alpha value is -2.78. The largest absolute Gasteiger partial charge is 0.508 e. The lowest BCUT2D eigenvalue weighted by Gasteiger charge is -2.25. The van der Waals surface area contributed by atoms with Crippen molar-refractivity contribution in [3.05, 3.63) is 47.0 Å². The van der Waals surface area contributed by atoms with E-state index >= 15 is 0 Å². The van der Waals surface area contributed by atoms with Gasteiger partial charge in [0, 0.05) is 12.6 Å². The molecule has 1 aliphatic heterocycles. The normalized spacial score (nSPS) is 15.5. The number of phenolic OH excluding ortho intramolecular Hbond substituents is 2. The topological polar surface area (TPSA) is 107 Å². The van der Waals surface area contributed by atoms with Gasteiger partial charge in [-0.2, -0.15) is 5.10 Å². The summed E-state index contributed by atoms with van der Waals surface area (Å²) < 4.78 is 11.6. The highest BCUT2D eigenvalue weighted by Gasteiger charge is 2.29. The molecule has 8 nitrogen and oxygen atoms in total. The van der Waals surface area contributed by atoms with Gasteiger partial charge in [-0.05, 0) is 41.7 Å². The molecule has 1 aliphatic rings. The molecule has 9 heteroatoms. The molecule has 1 unspecified atom stereocenters. The highest BCUT2D eigenvalue weighted by molar-refractivity contribution is 7.80. The van der Waals surface area contributed by atoms with Crippen molar-refractivity contribution in [3.8, 4) is 23.0 Å². The molecule has 0 spiro atoms. The van der Waals surface area contributed by atoms with E-state index < -0.39 is 5.50 Å². The summed E-state index contributed by atoms with van der Waals surface area (Å²) >= 11 is 4.59. The van der Waals surface area contributed by atoms with Crippen LogP contribution in [0.2, 0.25) is 0 Å². The Labute approximate surface area is 200 Å². The summed E-state index contributed by atoms with van der Waals surface area (Å²) in [7, 11) is 0. The van der Waals surface area contributed by atoms with Crippen LogP contribution >= 0.6 is 12.6 Å². The molecule has 0 saturated heterocycles. The number of aliphatic hydroxyl groups excluding tert-OH is 1. The average molecular weight is 476 g/mol. The van der Waals surface area contributed by atoms with Crippen LogP contribution < -0.4 is 14.9 Å². The maximum Gasteiger partial charge on any atom is 0.162 e. The van der Waals surface area contributed by atoms with Crippen LogP contribution in [0.4, 0.5) is 0 Å². The third-order valence-corrected chi connectivity index (χ3v) is 5.72. The van der Waals surface area contributed by atoms with E-state index in [9.17, 15) is 15.3 Å². The van der Waals surface area contributed by atoms with Gasteiger partial charge < -0.3 is 29.7 Å². The summed E-state index contributed by atoms with van der Waals surface area (Å²) in [5.41, 5.74) is 4.69. The van der Waals surface area contributed by atoms with E-state index in [0.29, 0.717) is 36.0 Å². The fourth-order valence-electron chi connectivity index (χ4n) is 3.54. The molecule has 0 amide bonds. The second-order valence-corrected chi connectivity index (χ2v) is 8.69. The van der Waals surface area contributed by atoms with Gasteiger partial charge in [0.05, 0.1) is 18.8 Å². The number of nitrogens with zero attached hydrogens (tertiary/aromatic N) is 2. The third-order valence-electron chi connectivity index (χ3n) is 5.33. The molecule has 3 rings (SSSR count). The molecule has 33 heavy (non-hydrogen) atoms. The van der Waals surface area contributed by atoms with Crippen molar-refractivity contribution in [1.82, 2.24) is 10.3 Å². The van der Waals surface area contributed by atoms with Crippen LogP contribution in [0.5, 0.6) is 23.0 Å². The number of nitrogens with one attached hydrogen (secondary N) is 1. The average Bonchev–Trinajstić information content (AvgIpc) is 3.13. The second kappa shape index (κ2) is 11.4. The Morgan fingerprint density at radius 1 is 1.09 bits per heavy atom. The molecule has 0 aliphatic carbocycles. The maximum absolute atomic E-state index is 10.5. The number of aromatic hydroxyl groups is 2. The maximum atomic E-state index is 10.5. The lowest BCUT2D eigenvalue weighted by Crippen LogP contribution is -2.36. The number of phenols is 2. The number of rotatable bonds is 11. The van der Waals surface area contributed by atoms with E-state index in [0.717, 1.165) is 24.0 Å². The van der Waals surface area contributed by atoms with Gasteiger partial charge in [0.2, 0.25) is 0 Å². The molecule has 0 fully saturated rings. The van der Waals surface area contributed by atoms with E-state index in [2.05, 4.69) is 30.1 Å². The number of thiol groups is 1. The molecular formula is C24H33N3O5S.